The molecule has 1 fully saturated rings. The third-order valence-electron chi connectivity index (χ3n) is 5.41. The van der Waals surface area contributed by atoms with Crippen LogP contribution in [0.25, 0.3) is 0 Å². The van der Waals surface area contributed by atoms with E-state index in [1.165, 1.54) is 10.6 Å². The minimum atomic E-state index is -3.46. The molecule has 7 heteroatoms. The van der Waals surface area contributed by atoms with E-state index in [9.17, 15) is 13.2 Å². The van der Waals surface area contributed by atoms with Crippen molar-refractivity contribution in [1.82, 2.24) is 9.80 Å². The van der Waals surface area contributed by atoms with E-state index in [0.29, 0.717) is 11.3 Å². The molecule has 3 rings (SSSR count). The molecule has 0 aromatic heterocycles. The number of likely N-dealkylation sites (N-methyl/N-ethyl adjacent to an activating group) is 1. The molecule has 0 bridgehead atoms. The van der Waals surface area contributed by atoms with Gasteiger partial charge < -0.3 is 9.80 Å². The van der Waals surface area contributed by atoms with Crippen LogP contribution in [0.15, 0.2) is 42.5 Å². The minimum Gasteiger partial charge on any atom is -0.336 e. The highest BCUT2D eigenvalue weighted by atomic mass is 32.2. The zero-order valence-electron chi connectivity index (χ0n) is 17.6. The van der Waals surface area contributed by atoms with Gasteiger partial charge >= 0.3 is 0 Å². The second-order valence-electron chi connectivity index (χ2n) is 7.80. The molecular formula is C22H29N3O3S. The monoisotopic (exact) mass is 415 g/mol. The Bertz CT molecular complexity index is 959. The number of hydrogen-bond acceptors (Lipinski definition) is 4. The number of amides is 1. The molecule has 2 aromatic carbocycles. The van der Waals surface area contributed by atoms with Crippen LogP contribution < -0.4 is 4.31 Å². The van der Waals surface area contributed by atoms with Gasteiger partial charge in [-0.25, -0.2) is 8.42 Å². The number of aryl methyl sites for hydroxylation is 2. The molecule has 6 nitrogen and oxygen atoms in total. The Balaban J connectivity index is 1.80. The van der Waals surface area contributed by atoms with Gasteiger partial charge in [0.15, 0.2) is 0 Å². The van der Waals surface area contributed by atoms with Crippen molar-refractivity contribution in [1.29, 1.82) is 0 Å². The highest BCUT2D eigenvalue weighted by Gasteiger charge is 2.23. The molecular weight excluding hydrogens is 386 g/mol. The van der Waals surface area contributed by atoms with Crippen LogP contribution in [0.1, 0.15) is 27.0 Å². The lowest BCUT2D eigenvalue weighted by Gasteiger charge is -2.32. The molecule has 1 aliphatic rings. The fraction of sp³-hybridized carbons (Fsp3) is 0.409. The number of nitrogens with zero attached hydrogens (tertiary/aromatic N) is 3. The molecule has 2 aromatic rings. The van der Waals surface area contributed by atoms with Gasteiger partial charge in [0.2, 0.25) is 10.0 Å². The minimum absolute atomic E-state index is 0.0272. The van der Waals surface area contributed by atoms with Gasteiger partial charge in [-0.1, -0.05) is 30.3 Å². The van der Waals surface area contributed by atoms with Gasteiger partial charge in [-0.3, -0.25) is 9.10 Å². The van der Waals surface area contributed by atoms with Gasteiger partial charge in [0.1, 0.15) is 0 Å². The molecule has 29 heavy (non-hydrogen) atoms. The van der Waals surface area contributed by atoms with Gasteiger partial charge in [0.05, 0.1) is 18.5 Å². The lowest BCUT2D eigenvalue weighted by atomic mass is 10.1. The summed E-state index contributed by atoms with van der Waals surface area (Å²) < 4.78 is 26.5. The molecule has 1 heterocycles. The summed E-state index contributed by atoms with van der Waals surface area (Å²) in [6.07, 6.45) is 1.23. The summed E-state index contributed by atoms with van der Waals surface area (Å²) in [6, 6.07) is 13.0. The van der Waals surface area contributed by atoms with Crippen molar-refractivity contribution in [2.75, 3.05) is 43.8 Å². The smallest absolute Gasteiger partial charge is 0.253 e. The van der Waals surface area contributed by atoms with Crippen molar-refractivity contribution in [2.45, 2.75) is 20.4 Å². The van der Waals surface area contributed by atoms with E-state index in [-0.39, 0.29) is 12.5 Å². The van der Waals surface area contributed by atoms with E-state index in [0.717, 1.165) is 42.9 Å². The highest BCUT2D eigenvalue weighted by molar-refractivity contribution is 7.92. The fourth-order valence-electron chi connectivity index (χ4n) is 3.67. The topological polar surface area (TPSA) is 60.9 Å². The number of carbonyl (C=O) groups excluding carboxylic acids is 1. The number of piperazine rings is 1. The molecule has 1 saturated heterocycles. The van der Waals surface area contributed by atoms with Crippen molar-refractivity contribution in [3.8, 4) is 0 Å². The van der Waals surface area contributed by atoms with Crippen LogP contribution in [0.2, 0.25) is 0 Å². The number of rotatable bonds is 5. The molecule has 156 valence electrons. The number of anilines is 1. The Morgan fingerprint density at radius 1 is 0.966 bits per heavy atom. The lowest BCUT2D eigenvalue weighted by Crippen LogP contribution is -2.47. The van der Waals surface area contributed by atoms with E-state index in [4.69, 9.17) is 0 Å². The second-order valence-corrected chi connectivity index (χ2v) is 9.71. The molecule has 0 radical (unpaired) electrons. The first kappa shape index (κ1) is 21.3. The van der Waals surface area contributed by atoms with Crippen LogP contribution >= 0.6 is 0 Å². The van der Waals surface area contributed by atoms with E-state index in [1.807, 2.05) is 49.1 Å². The number of sulfonamides is 1. The molecule has 0 unspecified atom stereocenters. The Morgan fingerprint density at radius 2 is 1.52 bits per heavy atom. The zero-order chi connectivity index (χ0) is 21.2. The number of para-hydroxylation sites is 1. The van der Waals surface area contributed by atoms with Crippen molar-refractivity contribution in [2.24, 2.45) is 0 Å². The predicted octanol–water partition coefficient (Wildman–Crippen LogP) is 2.66. The summed E-state index contributed by atoms with van der Waals surface area (Å²) in [5.41, 5.74) is 4.02. The first-order chi connectivity index (χ1) is 13.7. The molecule has 0 N–H and O–H groups in total. The van der Waals surface area contributed by atoms with Crippen LogP contribution in [0.3, 0.4) is 0 Å². The van der Waals surface area contributed by atoms with E-state index in [1.54, 1.807) is 12.1 Å². The maximum absolute atomic E-state index is 12.7. The maximum Gasteiger partial charge on any atom is 0.253 e. The first-order valence-corrected chi connectivity index (χ1v) is 11.6. The standard InChI is InChI=1S/C22H29N3O3S/c1-17-6-5-7-18(2)21(17)25(29(4,27)28)16-19-8-10-20(11-9-19)22(26)24-14-12-23(3)13-15-24/h5-11H,12-16H2,1-4H3. The number of hydrogen-bond donors (Lipinski definition) is 0. The molecule has 0 spiro atoms. The van der Waals surface area contributed by atoms with E-state index < -0.39 is 10.0 Å². The average Bonchev–Trinajstić information content (AvgIpc) is 2.67. The second kappa shape index (κ2) is 8.55. The van der Waals surface area contributed by atoms with Gasteiger partial charge in [-0.05, 0) is 49.7 Å². The maximum atomic E-state index is 12.7. The normalized spacial score (nSPS) is 15.4. The largest absolute Gasteiger partial charge is 0.336 e. The van der Waals surface area contributed by atoms with Gasteiger partial charge in [-0.15, -0.1) is 0 Å². The average molecular weight is 416 g/mol. The zero-order valence-corrected chi connectivity index (χ0v) is 18.4. The van der Waals surface area contributed by atoms with Crippen LogP contribution in [0, 0.1) is 13.8 Å². The quantitative estimate of drug-likeness (QED) is 0.753. The van der Waals surface area contributed by atoms with Gasteiger partial charge in [0, 0.05) is 31.7 Å². The van der Waals surface area contributed by atoms with Crippen molar-refractivity contribution in [3.05, 3.63) is 64.7 Å². The Morgan fingerprint density at radius 3 is 2.03 bits per heavy atom. The van der Waals surface area contributed by atoms with Gasteiger partial charge in [-0.2, -0.15) is 0 Å². The van der Waals surface area contributed by atoms with E-state index in [2.05, 4.69) is 11.9 Å². The Kier molecular flexibility index (Phi) is 6.29. The summed E-state index contributed by atoms with van der Waals surface area (Å²) in [5, 5.41) is 0. The van der Waals surface area contributed by atoms with Crippen LogP contribution in [-0.4, -0.2) is 63.6 Å². The van der Waals surface area contributed by atoms with Crippen molar-refractivity contribution >= 4 is 21.6 Å². The number of benzene rings is 2. The third-order valence-corrected chi connectivity index (χ3v) is 6.52. The fourth-order valence-corrected chi connectivity index (χ4v) is 4.68. The first-order valence-electron chi connectivity index (χ1n) is 9.77. The van der Waals surface area contributed by atoms with Crippen LogP contribution in [0.4, 0.5) is 5.69 Å². The molecule has 0 atom stereocenters. The van der Waals surface area contributed by atoms with Crippen LogP contribution in [-0.2, 0) is 16.6 Å². The van der Waals surface area contributed by atoms with Crippen molar-refractivity contribution in [3.63, 3.8) is 0 Å². The highest BCUT2D eigenvalue weighted by Crippen LogP contribution is 2.28. The summed E-state index contributed by atoms with van der Waals surface area (Å²) in [7, 11) is -1.40. The van der Waals surface area contributed by atoms with Gasteiger partial charge in [0.25, 0.3) is 5.91 Å². The predicted molar refractivity (Wildman–Crippen MR) is 117 cm³/mol. The van der Waals surface area contributed by atoms with Crippen molar-refractivity contribution < 1.29 is 13.2 Å². The number of carbonyl (C=O) groups is 1. The third kappa shape index (κ3) is 4.97. The summed E-state index contributed by atoms with van der Waals surface area (Å²) in [4.78, 5) is 16.8. The molecule has 0 saturated carbocycles. The lowest BCUT2D eigenvalue weighted by molar-refractivity contribution is 0.0664. The summed E-state index contributed by atoms with van der Waals surface area (Å²) >= 11 is 0. The van der Waals surface area contributed by atoms with Crippen LogP contribution in [0.5, 0.6) is 0 Å². The molecule has 1 amide bonds. The Hall–Kier alpha value is -2.38. The summed E-state index contributed by atoms with van der Waals surface area (Å²) in [6.45, 7) is 7.27. The van der Waals surface area contributed by atoms with E-state index >= 15 is 0 Å². The summed E-state index contributed by atoms with van der Waals surface area (Å²) in [5.74, 6) is 0.0272. The Labute approximate surface area is 173 Å². The molecule has 0 aliphatic carbocycles. The molecule has 1 aliphatic heterocycles. The SMILES string of the molecule is Cc1cccc(C)c1N(Cc1ccc(C(=O)N2CCN(C)CC2)cc1)S(C)(=O)=O.